The molecule has 0 unspecified atom stereocenters. The van der Waals surface area contributed by atoms with Crippen molar-refractivity contribution in [1.82, 2.24) is 14.9 Å². The molecule has 2 aromatic carbocycles. The van der Waals surface area contributed by atoms with Gasteiger partial charge in [-0.1, -0.05) is 36.4 Å². The van der Waals surface area contributed by atoms with Gasteiger partial charge in [0, 0.05) is 26.1 Å². The number of rotatable bonds is 4. The van der Waals surface area contributed by atoms with Crippen molar-refractivity contribution in [3.8, 4) is 11.4 Å². The molecular weight excluding hydrogens is 274 g/mol. The van der Waals surface area contributed by atoms with Crippen molar-refractivity contribution in [2.24, 2.45) is 0 Å². The number of aromatic amines is 1. The number of benzene rings is 2. The Labute approximate surface area is 129 Å². The molecular formula is C18H19N3O. The second-order valence-electron chi connectivity index (χ2n) is 5.59. The van der Waals surface area contributed by atoms with Gasteiger partial charge in [-0.15, -0.1) is 0 Å². The summed E-state index contributed by atoms with van der Waals surface area (Å²) >= 11 is 0. The van der Waals surface area contributed by atoms with Crippen LogP contribution < -0.4 is 0 Å². The highest BCUT2D eigenvalue weighted by molar-refractivity contribution is 5.80. The van der Waals surface area contributed by atoms with Gasteiger partial charge in [0.1, 0.15) is 5.82 Å². The average Bonchev–Trinajstić information content (AvgIpc) is 2.96. The number of amides is 1. The number of imidazole rings is 1. The van der Waals surface area contributed by atoms with E-state index in [4.69, 9.17) is 0 Å². The number of nitrogens with one attached hydrogen (secondary N) is 1. The van der Waals surface area contributed by atoms with Crippen molar-refractivity contribution in [2.75, 3.05) is 14.1 Å². The molecule has 0 radical (unpaired) electrons. The fourth-order valence-corrected chi connectivity index (χ4v) is 2.42. The molecule has 22 heavy (non-hydrogen) atoms. The molecule has 112 valence electrons. The SMILES string of the molecule is CN(C)C(=O)CCc1ccc2nc(-c3ccccc3)[nH]c2c1. The molecule has 3 aromatic rings. The Morgan fingerprint density at radius 3 is 2.64 bits per heavy atom. The number of nitrogens with zero attached hydrogens (tertiary/aromatic N) is 2. The third-order valence-corrected chi connectivity index (χ3v) is 3.72. The zero-order valence-electron chi connectivity index (χ0n) is 12.8. The number of aromatic nitrogens is 2. The van der Waals surface area contributed by atoms with E-state index in [1.54, 1.807) is 19.0 Å². The number of fused-ring (bicyclic) bond motifs is 1. The van der Waals surface area contributed by atoms with Gasteiger partial charge >= 0.3 is 0 Å². The summed E-state index contributed by atoms with van der Waals surface area (Å²) in [5, 5.41) is 0. The van der Waals surface area contributed by atoms with E-state index in [0.29, 0.717) is 6.42 Å². The summed E-state index contributed by atoms with van der Waals surface area (Å²) in [7, 11) is 3.57. The standard InChI is InChI=1S/C18H19N3O/c1-21(2)17(22)11-9-13-8-10-15-16(12-13)20-18(19-15)14-6-4-3-5-7-14/h3-8,10,12H,9,11H2,1-2H3,(H,19,20). The van der Waals surface area contributed by atoms with Gasteiger partial charge < -0.3 is 9.88 Å². The van der Waals surface area contributed by atoms with Crippen molar-refractivity contribution >= 4 is 16.9 Å². The lowest BCUT2D eigenvalue weighted by Gasteiger charge is -2.09. The maximum Gasteiger partial charge on any atom is 0.222 e. The molecule has 0 aliphatic carbocycles. The number of carbonyl (C=O) groups excluding carboxylic acids is 1. The number of hydrogen-bond donors (Lipinski definition) is 1. The minimum atomic E-state index is 0.148. The van der Waals surface area contributed by atoms with Crippen LogP contribution in [0.3, 0.4) is 0 Å². The predicted molar refractivity (Wildman–Crippen MR) is 88.5 cm³/mol. The molecule has 0 fully saturated rings. The van der Waals surface area contributed by atoms with Crippen molar-refractivity contribution in [2.45, 2.75) is 12.8 Å². The van der Waals surface area contributed by atoms with Crippen molar-refractivity contribution < 1.29 is 4.79 Å². The highest BCUT2D eigenvalue weighted by Crippen LogP contribution is 2.21. The van der Waals surface area contributed by atoms with E-state index in [1.165, 1.54) is 0 Å². The topological polar surface area (TPSA) is 49.0 Å². The lowest BCUT2D eigenvalue weighted by molar-refractivity contribution is -0.128. The van der Waals surface area contributed by atoms with Crippen molar-refractivity contribution in [1.29, 1.82) is 0 Å². The van der Waals surface area contributed by atoms with Gasteiger partial charge in [-0.2, -0.15) is 0 Å². The molecule has 0 saturated heterocycles. The Morgan fingerprint density at radius 2 is 1.91 bits per heavy atom. The molecule has 0 spiro atoms. The third kappa shape index (κ3) is 3.01. The van der Waals surface area contributed by atoms with E-state index in [1.807, 2.05) is 42.5 Å². The zero-order valence-corrected chi connectivity index (χ0v) is 12.8. The molecule has 1 aromatic heterocycles. The average molecular weight is 293 g/mol. The predicted octanol–water partition coefficient (Wildman–Crippen LogP) is 3.25. The Hall–Kier alpha value is -2.62. The molecule has 1 heterocycles. The minimum absolute atomic E-state index is 0.148. The molecule has 0 atom stereocenters. The number of H-pyrrole nitrogens is 1. The first-order valence-electron chi connectivity index (χ1n) is 7.38. The number of aryl methyl sites for hydroxylation is 1. The van der Waals surface area contributed by atoms with Crippen LogP contribution in [0.5, 0.6) is 0 Å². The number of hydrogen-bond acceptors (Lipinski definition) is 2. The van der Waals surface area contributed by atoms with Gasteiger partial charge in [0.15, 0.2) is 0 Å². The summed E-state index contributed by atoms with van der Waals surface area (Å²) in [4.78, 5) is 21.3. The molecule has 4 nitrogen and oxygen atoms in total. The highest BCUT2D eigenvalue weighted by Gasteiger charge is 2.08. The molecule has 1 N–H and O–H groups in total. The van der Waals surface area contributed by atoms with E-state index in [2.05, 4.69) is 16.0 Å². The van der Waals surface area contributed by atoms with Crippen LogP contribution in [0.15, 0.2) is 48.5 Å². The van der Waals surface area contributed by atoms with Crippen LogP contribution in [0, 0.1) is 0 Å². The normalized spacial score (nSPS) is 10.8. The van der Waals surface area contributed by atoms with Gasteiger partial charge in [0.05, 0.1) is 11.0 Å². The largest absolute Gasteiger partial charge is 0.349 e. The molecule has 0 saturated carbocycles. The van der Waals surface area contributed by atoms with Crippen LogP contribution in [-0.4, -0.2) is 34.9 Å². The van der Waals surface area contributed by atoms with Crippen LogP contribution in [0.1, 0.15) is 12.0 Å². The Kier molecular flexibility index (Phi) is 3.92. The lowest BCUT2D eigenvalue weighted by Crippen LogP contribution is -2.21. The molecule has 0 aliphatic rings. The fourth-order valence-electron chi connectivity index (χ4n) is 2.42. The van der Waals surface area contributed by atoms with E-state index >= 15 is 0 Å². The summed E-state index contributed by atoms with van der Waals surface area (Å²) < 4.78 is 0. The van der Waals surface area contributed by atoms with E-state index < -0.39 is 0 Å². The maximum atomic E-state index is 11.7. The summed E-state index contributed by atoms with van der Waals surface area (Å²) in [6.07, 6.45) is 1.27. The van der Waals surface area contributed by atoms with Gasteiger partial charge in [-0.05, 0) is 24.1 Å². The van der Waals surface area contributed by atoms with Crippen LogP contribution in [0.4, 0.5) is 0 Å². The quantitative estimate of drug-likeness (QED) is 0.802. The summed E-state index contributed by atoms with van der Waals surface area (Å²) in [5.41, 5.74) is 4.17. The molecule has 3 rings (SSSR count). The van der Waals surface area contributed by atoms with Crippen molar-refractivity contribution in [3.05, 3.63) is 54.1 Å². The molecule has 4 heteroatoms. The summed E-state index contributed by atoms with van der Waals surface area (Å²) in [6.45, 7) is 0. The summed E-state index contributed by atoms with van der Waals surface area (Å²) in [5.74, 6) is 1.02. The van der Waals surface area contributed by atoms with Crippen LogP contribution in [-0.2, 0) is 11.2 Å². The maximum absolute atomic E-state index is 11.7. The molecule has 1 amide bonds. The highest BCUT2D eigenvalue weighted by atomic mass is 16.2. The van der Waals surface area contributed by atoms with Gasteiger partial charge in [0.25, 0.3) is 0 Å². The van der Waals surface area contributed by atoms with Crippen molar-refractivity contribution in [3.63, 3.8) is 0 Å². The van der Waals surface area contributed by atoms with Crippen LogP contribution in [0.25, 0.3) is 22.4 Å². The lowest BCUT2D eigenvalue weighted by atomic mass is 10.1. The molecule has 0 bridgehead atoms. The van der Waals surface area contributed by atoms with E-state index in [9.17, 15) is 4.79 Å². The van der Waals surface area contributed by atoms with Gasteiger partial charge in [0.2, 0.25) is 5.91 Å². The van der Waals surface area contributed by atoms with E-state index in [0.717, 1.165) is 34.4 Å². The Bertz CT molecular complexity index is 790. The first-order chi connectivity index (χ1) is 10.6. The minimum Gasteiger partial charge on any atom is -0.349 e. The molecule has 0 aliphatic heterocycles. The van der Waals surface area contributed by atoms with Crippen LogP contribution >= 0.6 is 0 Å². The Balaban J connectivity index is 1.83. The first kappa shape index (κ1) is 14.3. The fraction of sp³-hybridized carbons (Fsp3) is 0.222. The summed E-state index contributed by atoms with van der Waals surface area (Å²) in [6, 6.07) is 16.2. The van der Waals surface area contributed by atoms with Gasteiger partial charge in [-0.3, -0.25) is 4.79 Å². The zero-order chi connectivity index (χ0) is 15.5. The van der Waals surface area contributed by atoms with Crippen LogP contribution in [0.2, 0.25) is 0 Å². The van der Waals surface area contributed by atoms with E-state index in [-0.39, 0.29) is 5.91 Å². The third-order valence-electron chi connectivity index (χ3n) is 3.72. The first-order valence-corrected chi connectivity index (χ1v) is 7.38. The smallest absolute Gasteiger partial charge is 0.222 e. The monoisotopic (exact) mass is 293 g/mol. The Morgan fingerprint density at radius 1 is 1.14 bits per heavy atom. The number of carbonyl (C=O) groups is 1. The van der Waals surface area contributed by atoms with Gasteiger partial charge in [-0.25, -0.2) is 4.98 Å². The second-order valence-corrected chi connectivity index (χ2v) is 5.59. The second kappa shape index (κ2) is 6.02.